The molecule has 0 saturated carbocycles. The summed E-state index contributed by atoms with van der Waals surface area (Å²) in [5, 5.41) is 7.82. The van der Waals surface area contributed by atoms with Crippen LogP contribution in [0.2, 0.25) is 0 Å². The molecule has 29 heavy (non-hydrogen) atoms. The van der Waals surface area contributed by atoms with Crippen molar-refractivity contribution < 1.29 is 4.79 Å². The third-order valence-electron chi connectivity index (χ3n) is 5.38. The van der Waals surface area contributed by atoms with Gasteiger partial charge in [0.15, 0.2) is 5.13 Å². The quantitative estimate of drug-likeness (QED) is 0.519. The fourth-order valence-electron chi connectivity index (χ4n) is 3.86. The number of nitrogens with one attached hydrogen (secondary N) is 1. The molecular weight excluding hydrogens is 378 g/mol. The Morgan fingerprint density at radius 2 is 1.79 bits per heavy atom. The average molecular weight is 400 g/mol. The van der Waals surface area contributed by atoms with E-state index in [1.54, 1.807) is 0 Å². The highest BCUT2D eigenvalue weighted by atomic mass is 32.1. The van der Waals surface area contributed by atoms with Crippen molar-refractivity contribution in [3.05, 3.63) is 94.5 Å². The lowest BCUT2D eigenvalue weighted by Crippen LogP contribution is -2.30. The van der Waals surface area contributed by atoms with Crippen molar-refractivity contribution in [2.24, 2.45) is 0 Å². The summed E-state index contributed by atoms with van der Waals surface area (Å²) in [6, 6.07) is 22.4. The summed E-state index contributed by atoms with van der Waals surface area (Å²) in [5.41, 5.74) is 4.50. The number of rotatable bonds is 4. The number of thiazole rings is 1. The minimum Gasteiger partial charge on any atom is -0.298 e. The molecule has 1 aliphatic heterocycles. The third-order valence-corrected chi connectivity index (χ3v) is 6.19. The van der Waals surface area contributed by atoms with Crippen LogP contribution in [0.3, 0.4) is 0 Å². The second-order valence-corrected chi connectivity index (χ2v) is 8.25. The first-order valence-electron chi connectivity index (χ1n) is 9.78. The second-order valence-electron chi connectivity index (χ2n) is 7.39. The van der Waals surface area contributed by atoms with Gasteiger partial charge in [0.2, 0.25) is 0 Å². The molecule has 5 rings (SSSR count). The molecule has 1 aliphatic rings. The van der Waals surface area contributed by atoms with Gasteiger partial charge in [0.25, 0.3) is 5.91 Å². The number of amides is 1. The van der Waals surface area contributed by atoms with E-state index in [0.717, 1.165) is 42.5 Å². The van der Waals surface area contributed by atoms with E-state index in [1.165, 1.54) is 22.5 Å². The molecule has 0 fully saturated rings. The molecule has 2 heterocycles. The SMILES string of the molecule is O=C(Nc1nc(CN2CCc3ccccc3C2)cs1)c1ccc2ccccc2c1. The summed E-state index contributed by atoms with van der Waals surface area (Å²) >= 11 is 1.48. The summed E-state index contributed by atoms with van der Waals surface area (Å²) in [7, 11) is 0. The Balaban J connectivity index is 1.25. The Morgan fingerprint density at radius 1 is 1.00 bits per heavy atom. The van der Waals surface area contributed by atoms with Crippen molar-refractivity contribution in [3.63, 3.8) is 0 Å². The number of aromatic nitrogens is 1. The first-order valence-corrected chi connectivity index (χ1v) is 10.7. The van der Waals surface area contributed by atoms with Crippen molar-refractivity contribution in [2.75, 3.05) is 11.9 Å². The maximum atomic E-state index is 12.6. The highest BCUT2D eigenvalue weighted by Gasteiger charge is 2.17. The van der Waals surface area contributed by atoms with Crippen molar-refractivity contribution in [3.8, 4) is 0 Å². The zero-order chi connectivity index (χ0) is 19.6. The molecule has 0 radical (unpaired) electrons. The standard InChI is InChI=1S/C24H21N3OS/c28-23(20-10-9-17-5-1-3-7-19(17)13-20)26-24-25-22(16-29-24)15-27-12-11-18-6-2-4-8-21(18)14-27/h1-10,13,16H,11-12,14-15H2,(H,25,26,28). The Labute approximate surface area is 173 Å². The molecule has 5 heteroatoms. The van der Waals surface area contributed by atoms with Crippen molar-refractivity contribution >= 4 is 33.1 Å². The predicted octanol–water partition coefficient (Wildman–Crippen LogP) is 5.11. The molecule has 0 aliphatic carbocycles. The molecule has 1 aromatic heterocycles. The molecule has 1 amide bonds. The summed E-state index contributed by atoms with van der Waals surface area (Å²) < 4.78 is 0. The number of hydrogen-bond acceptors (Lipinski definition) is 4. The van der Waals surface area contributed by atoms with E-state index in [0.29, 0.717) is 10.7 Å². The van der Waals surface area contributed by atoms with Crippen LogP contribution < -0.4 is 5.32 Å². The van der Waals surface area contributed by atoms with Gasteiger partial charge in [-0.25, -0.2) is 4.98 Å². The molecule has 4 aromatic rings. The summed E-state index contributed by atoms with van der Waals surface area (Å²) in [6.07, 6.45) is 1.08. The molecular formula is C24H21N3OS. The largest absolute Gasteiger partial charge is 0.298 e. The zero-order valence-corrected chi connectivity index (χ0v) is 16.8. The van der Waals surface area contributed by atoms with Gasteiger partial charge in [-0.1, -0.05) is 54.6 Å². The van der Waals surface area contributed by atoms with Gasteiger partial charge in [-0.05, 0) is 40.5 Å². The van der Waals surface area contributed by atoms with Crippen LogP contribution in [0.4, 0.5) is 5.13 Å². The van der Waals surface area contributed by atoms with Crippen LogP contribution in [-0.4, -0.2) is 22.3 Å². The number of hydrogen-bond donors (Lipinski definition) is 1. The van der Waals surface area contributed by atoms with Gasteiger partial charge in [-0.2, -0.15) is 0 Å². The zero-order valence-electron chi connectivity index (χ0n) is 16.0. The lowest BCUT2D eigenvalue weighted by Gasteiger charge is -2.27. The molecule has 144 valence electrons. The molecule has 0 saturated heterocycles. The normalized spacial score (nSPS) is 13.9. The molecule has 4 nitrogen and oxygen atoms in total. The van der Waals surface area contributed by atoms with Crippen LogP contribution in [0.15, 0.2) is 72.1 Å². The topological polar surface area (TPSA) is 45.2 Å². The van der Waals surface area contributed by atoms with E-state index in [2.05, 4.69) is 39.5 Å². The fourth-order valence-corrected chi connectivity index (χ4v) is 4.55. The first kappa shape index (κ1) is 18.0. The van der Waals surface area contributed by atoms with Crippen molar-refractivity contribution in [1.29, 1.82) is 0 Å². The van der Waals surface area contributed by atoms with Crippen LogP contribution in [0.1, 0.15) is 27.2 Å². The smallest absolute Gasteiger partial charge is 0.257 e. The lowest BCUT2D eigenvalue weighted by atomic mass is 10.00. The monoisotopic (exact) mass is 399 g/mol. The molecule has 0 bridgehead atoms. The van der Waals surface area contributed by atoms with Gasteiger partial charge in [-0.15, -0.1) is 11.3 Å². The van der Waals surface area contributed by atoms with E-state index < -0.39 is 0 Å². The van der Waals surface area contributed by atoms with Gasteiger partial charge in [0, 0.05) is 30.6 Å². The lowest BCUT2D eigenvalue weighted by molar-refractivity contribution is 0.102. The van der Waals surface area contributed by atoms with E-state index >= 15 is 0 Å². The van der Waals surface area contributed by atoms with E-state index in [4.69, 9.17) is 0 Å². The van der Waals surface area contributed by atoms with Gasteiger partial charge >= 0.3 is 0 Å². The van der Waals surface area contributed by atoms with Gasteiger partial charge in [-0.3, -0.25) is 15.0 Å². The molecule has 0 atom stereocenters. The maximum absolute atomic E-state index is 12.6. The number of nitrogens with zero attached hydrogens (tertiary/aromatic N) is 2. The van der Waals surface area contributed by atoms with E-state index in [1.807, 2.05) is 47.8 Å². The number of benzene rings is 3. The Hall–Kier alpha value is -3.02. The average Bonchev–Trinajstić information content (AvgIpc) is 3.20. The van der Waals surface area contributed by atoms with Gasteiger partial charge in [0.05, 0.1) is 5.69 Å². The van der Waals surface area contributed by atoms with Crippen LogP contribution in [0.25, 0.3) is 10.8 Å². The summed E-state index contributed by atoms with van der Waals surface area (Å²) in [5.74, 6) is -0.122. The highest BCUT2D eigenvalue weighted by molar-refractivity contribution is 7.14. The van der Waals surface area contributed by atoms with E-state index in [9.17, 15) is 4.79 Å². The minimum atomic E-state index is -0.122. The van der Waals surface area contributed by atoms with Crippen LogP contribution in [0.5, 0.6) is 0 Å². The van der Waals surface area contributed by atoms with E-state index in [-0.39, 0.29) is 5.91 Å². The van der Waals surface area contributed by atoms with Crippen LogP contribution in [-0.2, 0) is 19.5 Å². The number of anilines is 1. The predicted molar refractivity (Wildman–Crippen MR) is 118 cm³/mol. The fraction of sp³-hybridized carbons (Fsp3) is 0.167. The number of carbonyl (C=O) groups is 1. The summed E-state index contributed by atoms with van der Waals surface area (Å²) in [4.78, 5) is 19.7. The van der Waals surface area contributed by atoms with Crippen LogP contribution >= 0.6 is 11.3 Å². The Morgan fingerprint density at radius 3 is 2.69 bits per heavy atom. The van der Waals surface area contributed by atoms with Crippen molar-refractivity contribution in [1.82, 2.24) is 9.88 Å². The molecule has 0 spiro atoms. The third kappa shape index (κ3) is 3.92. The summed E-state index contributed by atoms with van der Waals surface area (Å²) in [6.45, 7) is 2.79. The first-order chi connectivity index (χ1) is 14.2. The van der Waals surface area contributed by atoms with Gasteiger partial charge < -0.3 is 0 Å². The molecule has 0 unspecified atom stereocenters. The Kier molecular flexibility index (Phi) is 4.84. The maximum Gasteiger partial charge on any atom is 0.257 e. The van der Waals surface area contributed by atoms with Crippen LogP contribution in [0, 0.1) is 0 Å². The Bertz CT molecular complexity index is 1180. The highest BCUT2D eigenvalue weighted by Crippen LogP contribution is 2.23. The number of fused-ring (bicyclic) bond motifs is 2. The molecule has 1 N–H and O–H groups in total. The second kappa shape index (κ2) is 7.78. The number of carbonyl (C=O) groups excluding carboxylic acids is 1. The van der Waals surface area contributed by atoms with Crippen molar-refractivity contribution in [2.45, 2.75) is 19.5 Å². The molecule has 3 aromatic carbocycles. The minimum absolute atomic E-state index is 0.122. The van der Waals surface area contributed by atoms with Gasteiger partial charge in [0.1, 0.15) is 0 Å².